The second-order valence-corrected chi connectivity index (χ2v) is 5.88. The third kappa shape index (κ3) is 3.70. The van der Waals surface area contributed by atoms with Crippen LogP contribution in [0.5, 0.6) is 0 Å². The number of aryl methyl sites for hydroxylation is 1. The average molecular weight is 365 g/mol. The van der Waals surface area contributed by atoms with Gasteiger partial charge in [0.05, 0.1) is 0 Å². The van der Waals surface area contributed by atoms with Crippen LogP contribution in [0.1, 0.15) is 30.3 Å². The van der Waals surface area contributed by atoms with E-state index in [4.69, 9.17) is 0 Å². The molecular weight excluding hydrogens is 349 g/mol. The van der Waals surface area contributed by atoms with E-state index in [9.17, 15) is 18.0 Å². The zero-order valence-electron chi connectivity index (χ0n) is 11.6. The summed E-state index contributed by atoms with van der Waals surface area (Å²) in [5.74, 6) is -0.230. The number of carbonyl (C=O) groups excluding carboxylic acids is 1. The Morgan fingerprint density at radius 1 is 1.43 bits per heavy atom. The molecule has 7 heteroatoms. The summed E-state index contributed by atoms with van der Waals surface area (Å²) in [6.07, 6.45) is -0.647. The van der Waals surface area contributed by atoms with Crippen molar-refractivity contribution in [1.82, 2.24) is 9.47 Å². The Bertz CT molecular complexity index is 563. The molecule has 0 bridgehead atoms. The highest BCUT2D eigenvalue weighted by molar-refractivity contribution is 9.10. The van der Waals surface area contributed by atoms with Crippen molar-refractivity contribution in [3.8, 4) is 0 Å². The van der Waals surface area contributed by atoms with Gasteiger partial charge in [0.25, 0.3) is 5.91 Å². The summed E-state index contributed by atoms with van der Waals surface area (Å²) in [7, 11) is 0. The Morgan fingerprint density at radius 3 is 2.67 bits per heavy atom. The summed E-state index contributed by atoms with van der Waals surface area (Å²) >= 11 is 3.33. The second-order valence-electron chi connectivity index (χ2n) is 4.97. The van der Waals surface area contributed by atoms with Gasteiger partial charge in [-0.15, -0.1) is 0 Å². The first-order valence-corrected chi connectivity index (χ1v) is 7.53. The molecule has 0 radical (unpaired) electrons. The highest BCUT2D eigenvalue weighted by Crippen LogP contribution is 2.30. The Balaban J connectivity index is 2.14. The number of hydrogen-bond donors (Lipinski definition) is 0. The molecule has 0 saturated heterocycles. The van der Waals surface area contributed by atoms with Gasteiger partial charge in [0, 0.05) is 35.9 Å². The number of halogens is 4. The molecule has 0 spiro atoms. The monoisotopic (exact) mass is 364 g/mol. The van der Waals surface area contributed by atoms with Gasteiger partial charge in [0.1, 0.15) is 5.69 Å². The molecule has 0 atom stereocenters. The van der Waals surface area contributed by atoms with Gasteiger partial charge in [0.2, 0.25) is 0 Å². The standard InChI is InChI=1S/C14H16BrF3N2O/c1-2-5-20-9-11(15)8-12(20)13(21)19-6-3-10(4-7-19)14(16,17)18/h3,8-9H,2,4-7H2,1H3. The van der Waals surface area contributed by atoms with E-state index >= 15 is 0 Å². The van der Waals surface area contributed by atoms with Crippen LogP contribution in [0.3, 0.4) is 0 Å². The van der Waals surface area contributed by atoms with Crippen molar-refractivity contribution in [2.75, 3.05) is 13.1 Å². The summed E-state index contributed by atoms with van der Waals surface area (Å²) in [5, 5.41) is 0. The molecule has 2 rings (SSSR count). The fourth-order valence-corrected chi connectivity index (χ4v) is 2.82. The number of hydrogen-bond acceptors (Lipinski definition) is 1. The minimum Gasteiger partial charge on any atom is -0.342 e. The molecule has 0 fully saturated rings. The van der Waals surface area contributed by atoms with Crippen LogP contribution < -0.4 is 0 Å². The minimum absolute atomic E-state index is 0.00258. The van der Waals surface area contributed by atoms with Gasteiger partial charge in [-0.25, -0.2) is 0 Å². The lowest BCUT2D eigenvalue weighted by atomic mass is 10.1. The van der Waals surface area contributed by atoms with Crippen molar-refractivity contribution in [2.45, 2.75) is 32.5 Å². The predicted octanol–water partition coefficient (Wildman–Crippen LogP) is 4.00. The normalized spacial score (nSPS) is 16.0. The lowest BCUT2D eigenvalue weighted by Gasteiger charge is -2.27. The lowest BCUT2D eigenvalue weighted by molar-refractivity contribution is -0.0957. The Morgan fingerprint density at radius 2 is 2.14 bits per heavy atom. The van der Waals surface area contributed by atoms with Gasteiger partial charge in [-0.2, -0.15) is 13.2 Å². The summed E-state index contributed by atoms with van der Waals surface area (Å²) in [4.78, 5) is 13.9. The molecule has 1 amide bonds. The van der Waals surface area contributed by atoms with Crippen molar-refractivity contribution in [3.05, 3.63) is 34.1 Å². The summed E-state index contributed by atoms with van der Waals surface area (Å²) in [5.41, 5.74) is -0.0377. The van der Waals surface area contributed by atoms with Crippen LogP contribution in [0.25, 0.3) is 0 Å². The maximum Gasteiger partial charge on any atom is 0.412 e. The first kappa shape index (κ1) is 16.1. The number of aromatic nitrogens is 1. The van der Waals surface area contributed by atoms with E-state index in [1.807, 2.05) is 17.7 Å². The average Bonchev–Trinajstić information content (AvgIpc) is 2.78. The van der Waals surface area contributed by atoms with E-state index in [1.54, 1.807) is 6.07 Å². The number of amides is 1. The van der Waals surface area contributed by atoms with Crippen molar-refractivity contribution < 1.29 is 18.0 Å². The minimum atomic E-state index is -4.29. The van der Waals surface area contributed by atoms with Gasteiger partial charge < -0.3 is 9.47 Å². The molecule has 1 aliphatic heterocycles. The molecule has 2 heterocycles. The van der Waals surface area contributed by atoms with Crippen molar-refractivity contribution in [3.63, 3.8) is 0 Å². The topological polar surface area (TPSA) is 25.2 Å². The van der Waals surface area contributed by atoms with Gasteiger partial charge >= 0.3 is 6.18 Å². The highest BCUT2D eigenvalue weighted by atomic mass is 79.9. The van der Waals surface area contributed by atoms with E-state index in [0.717, 1.165) is 17.0 Å². The van der Waals surface area contributed by atoms with Crippen LogP contribution in [0.4, 0.5) is 13.2 Å². The summed E-state index contributed by atoms with van der Waals surface area (Å²) in [6.45, 7) is 2.80. The largest absolute Gasteiger partial charge is 0.412 e. The molecule has 3 nitrogen and oxygen atoms in total. The quantitative estimate of drug-likeness (QED) is 0.744. The van der Waals surface area contributed by atoms with Crippen molar-refractivity contribution >= 4 is 21.8 Å². The SMILES string of the molecule is CCCn1cc(Br)cc1C(=O)N1CC=C(C(F)(F)F)CC1. The second kappa shape index (κ2) is 6.25. The van der Waals surface area contributed by atoms with E-state index in [0.29, 0.717) is 12.2 Å². The van der Waals surface area contributed by atoms with Crippen LogP contribution in [0, 0.1) is 0 Å². The third-order valence-electron chi connectivity index (χ3n) is 3.41. The first-order chi connectivity index (χ1) is 9.82. The molecule has 0 aromatic carbocycles. The highest BCUT2D eigenvalue weighted by Gasteiger charge is 2.35. The Hall–Kier alpha value is -1.24. The van der Waals surface area contributed by atoms with Gasteiger partial charge in [-0.05, 0) is 34.8 Å². The maximum atomic E-state index is 12.6. The fraction of sp³-hybridized carbons (Fsp3) is 0.500. The van der Waals surface area contributed by atoms with Crippen LogP contribution in [-0.2, 0) is 6.54 Å². The molecule has 0 unspecified atom stereocenters. The smallest absolute Gasteiger partial charge is 0.342 e. The molecule has 0 N–H and O–H groups in total. The third-order valence-corrected chi connectivity index (χ3v) is 3.84. The number of nitrogens with zero attached hydrogens (tertiary/aromatic N) is 2. The molecular formula is C14H16BrF3N2O. The summed E-state index contributed by atoms with van der Waals surface area (Å²) in [6, 6.07) is 1.71. The number of carbonyl (C=O) groups is 1. The van der Waals surface area contributed by atoms with Gasteiger partial charge in [-0.1, -0.05) is 13.0 Å². The molecule has 116 valence electrons. The molecule has 1 aromatic rings. The first-order valence-electron chi connectivity index (χ1n) is 6.74. The Labute approximate surface area is 129 Å². The Kier molecular flexibility index (Phi) is 4.81. The zero-order valence-corrected chi connectivity index (χ0v) is 13.2. The maximum absolute atomic E-state index is 12.6. The fourth-order valence-electron chi connectivity index (χ4n) is 2.35. The van der Waals surface area contributed by atoms with Crippen LogP contribution in [0.2, 0.25) is 0 Å². The van der Waals surface area contributed by atoms with Crippen LogP contribution >= 0.6 is 15.9 Å². The van der Waals surface area contributed by atoms with Gasteiger partial charge in [0.15, 0.2) is 0 Å². The molecule has 1 aliphatic rings. The van der Waals surface area contributed by atoms with E-state index in [2.05, 4.69) is 15.9 Å². The molecule has 21 heavy (non-hydrogen) atoms. The molecule has 1 aromatic heterocycles. The zero-order chi connectivity index (χ0) is 15.6. The van der Waals surface area contributed by atoms with Crippen molar-refractivity contribution in [1.29, 1.82) is 0 Å². The number of rotatable bonds is 3. The summed E-state index contributed by atoms with van der Waals surface area (Å²) < 4.78 is 40.4. The molecule has 0 aliphatic carbocycles. The van der Waals surface area contributed by atoms with E-state index in [1.165, 1.54) is 4.90 Å². The van der Waals surface area contributed by atoms with E-state index in [-0.39, 0.29) is 25.4 Å². The van der Waals surface area contributed by atoms with Gasteiger partial charge in [-0.3, -0.25) is 4.79 Å². The van der Waals surface area contributed by atoms with E-state index < -0.39 is 11.7 Å². The van der Waals surface area contributed by atoms with Crippen LogP contribution in [-0.4, -0.2) is 34.6 Å². The number of alkyl halides is 3. The predicted molar refractivity (Wildman–Crippen MR) is 77.1 cm³/mol. The molecule has 0 saturated carbocycles. The van der Waals surface area contributed by atoms with Crippen LogP contribution in [0.15, 0.2) is 28.4 Å². The lowest BCUT2D eigenvalue weighted by Crippen LogP contribution is -2.37. The van der Waals surface area contributed by atoms with Crippen molar-refractivity contribution in [2.24, 2.45) is 0 Å².